The van der Waals surface area contributed by atoms with E-state index in [9.17, 15) is 26.7 Å². The zero-order valence-corrected chi connectivity index (χ0v) is 14.8. The van der Waals surface area contributed by atoms with Gasteiger partial charge < -0.3 is 10.1 Å². The lowest BCUT2D eigenvalue weighted by molar-refractivity contribution is -0.137. The Morgan fingerprint density at radius 2 is 1.86 bits per heavy atom. The summed E-state index contributed by atoms with van der Waals surface area (Å²) in [4.78, 5) is 12.4. The average molecular weight is 413 g/mol. The van der Waals surface area contributed by atoms with Crippen LogP contribution >= 0.6 is 11.3 Å². The second-order valence-corrected chi connectivity index (χ2v) is 6.60. The molecule has 1 amide bonds. The molecule has 0 spiro atoms. The van der Waals surface area contributed by atoms with Crippen LogP contribution in [0.15, 0.2) is 53.9 Å². The smallest absolute Gasteiger partial charge is 0.416 e. The molecule has 0 saturated carbocycles. The highest BCUT2D eigenvalue weighted by Gasteiger charge is 2.30. The van der Waals surface area contributed by atoms with Gasteiger partial charge in [0.15, 0.2) is 0 Å². The lowest BCUT2D eigenvalue weighted by Gasteiger charge is -2.11. The van der Waals surface area contributed by atoms with Crippen molar-refractivity contribution in [2.24, 2.45) is 0 Å². The summed E-state index contributed by atoms with van der Waals surface area (Å²) in [5.74, 6) is -2.25. The second kappa shape index (κ2) is 7.97. The molecule has 28 heavy (non-hydrogen) atoms. The minimum absolute atomic E-state index is 0.107. The third kappa shape index (κ3) is 4.66. The highest BCUT2D eigenvalue weighted by atomic mass is 32.1. The first-order valence-electron chi connectivity index (χ1n) is 7.87. The van der Waals surface area contributed by atoms with E-state index in [2.05, 4.69) is 5.32 Å². The summed E-state index contributed by atoms with van der Waals surface area (Å²) < 4.78 is 70.4. The summed E-state index contributed by atoms with van der Waals surface area (Å²) >= 11 is 1.01. The molecule has 0 atom stereocenters. The number of hydrogen-bond donors (Lipinski definition) is 1. The van der Waals surface area contributed by atoms with E-state index in [-0.39, 0.29) is 28.5 Å². The number of anilines is 1. The largest absolute Gasteiger partial charge is 0.487 e. The summed E-state index contributed by atoms with van der Waals surface area (Å²) in [5, 5.41) is 3.86. The van der Waals surface area contributed by atoms with Gasteiger partial charge in [-0.2, -0.15) is 13.2 Å². The Morgan fingerprint density at radius 3 is 2.57 bits per heavy atom. The molecule has 0 aliphatic carbocycles. The Hall–Kier alpha value is -2.94. The van der Waals surface area contributed by atoms with Gasteiger partial charge in [-0.1, -0.05) is 12.1 Å². The van der Waals surface area contributed by atoms with E-state index in [0.29, 0.717) is 6.07 Å². The molecule has 2 aromatic carbocycles. The van der Waals surface area contributed by atoms with Crippen molar-refractivity contribution >= 4 is 22.9 Å². The highest BCUT2D eigenvalue weighted by molar-refractivity contribution is 7.12. The van der Waals surface area contributed by atoms with Gasteiger partial charge in [-0.3, -0.25) is 4.79 Å². The number of thiophene rings is 1. The van der Waals surface area contributed by atoms with Crippen molar-refractivity contribution < 1.29 is 31.5 Å². The summed E-state index contributed by atoms with van der Waals surface area (Å²) in [6, 6.07) is 8.83. The van der Waals surface area contributed by atoms with Crippen molar-refractivity contribution in [3.05, 3.63) is 81.5 Å². The number of nitrogens with one attached hydrogen (secondary N) is 1. The summed E-state index contributed by atoms with van der Waals surface area (Å²) in [6.07, 6.45) is -4.47. The molecule has 0 radical (unpaired) electrons. The topological polar surface area (TPSA) is 38.3 Å². The maximum Gasteiger partial charge on any atom is 0.416 e. The number of halogens is 5. The number of rotatable bonds is 5. The SMILES string of the molecule is O=C(Nc1ccc(F)cc1F)c1sccc1OCc1cccc(C(F)(F)F)c1. The summed E-state index contributed by atoms with van der Waals surface area (Å²) in [6.45, 7) is -0.189. The molecule has 1 aromatic heterocycles. The van der Waals surface area contributed by atoms with Crippen LogP contribution in [0.5, 0.6) is 5.75 Å². The number of amides is 1. The molecule has 9 heteroatoms. The van der Waals surface area contributed by atoms with Crippen LogP contribution in [0, 0.1) is 11.6 Å². The van der Waals surface area contributed by atoms with Gasteiger partial charge in [-0.05, 0) is 41.3 Å². The van der Waals surface area contributed by atoms with Gasteiger partial charge in [0.1, 0.15) is 28.9 Å². The number of hydrogen-bond acceptors (Lipinski definition) is 3. The van der Waals surface area contributed by atoms with Crippen molar-refractivity contribution in [1.82, 2.24) is 0 Å². The minimum atomic E-state index is -4.47. The third-order valence-corrected chi connectivity index (χ3v) is 4.56. The average Bonchev–Trinajstić information content (AvgIpc) is 3.10. The van der Waals surface area contributed by atoms with Crippen LogP contribution in [0.3, 0.4) is 0 Å². The predicted molar refractivity (Wildman–Crippen MR) is 94.4 cm³/mol. The number of benzene rings is 2. The Morgan fingerprint density at radius 1 is 1.07 bits per heavy atom. The minimum Gasteiger partial charge on any atom is -0.487 e. The molecule has 0 unspecified atom stereocenters. The molecule has 1 heterocycles. The molecule has 3 aromatic rings. The van der Waals surface area contributed by atoms with Crippen LogP contribution in [0.25, 0.3) is 0 Å². The Balaban J connectivity index is 1.71. The van der Waals surface area contributed by atoms with E-state index < -0.39 is 29.3 Å². The zero-order valence-electron chi connectivity index (χ0n) is 14.0. The van der Waals surface area contributed by atoms with Crippen LogP contribution in [-0.4, -0.2) is 5.91 Å². The van der Waals surface area contributed by atoms with Crippen LogP contribution in [-0.2, 0) is 12.8 Å². The molecule has 1 N–H and O–H groups in total. The molecule has 0 aliphatic rings. The summed E-state index contributed by atoms with van der Waals surface area (Å²) in [7, 11) is 0. The molecule has 0 bridgehead atoms. The molecule has 0 fully saturated rings. The van der Waals surface area contributed by atoms with E-state index in [1.807, 2.05) is 0 Å². The normalized spacial score (nSPS) is 11.3. The van der Waals surface area contributed by atoms with Gasteiger partial charge in [0, 0.05) is 6.07 Å². The van der Waals surface area contributed by atoms with Crippen molar-refractivity contribution in [2.45, 2.75) is 12.8 Å². The monoisotopic (exact) mass is 413 g/mol. The van der Waals surface area contributed by atoms with Gasteiger partial charge in [0.25, 0.3) is 5.91 Å². The fourth-order valence-electron chi connectivity index (χ4n) is 2.35. The van der Waals surface area contributed by atoms with Crippen LogP contribution < -0.4 is 10.1 Å². The Kier molecular flexibility index (Phi) is 5.64. The molecular weight excluding hydrogens is 401 g/mol. The van der Waals surface area contributed by atoms with Gasteiger partial charge in [-0.15, -0.1) is 11.3 Å². The van der Waals surface area contributed by atoms with Crippen molar-refractivity contribution in [3.63, 3.8) is 0 Å². The van der Waals surface area contributed by atoms with Crippen molar-refractivity contribution in [2.75, 3.05) is 5.32 Å². The predicted octanol–water partition coefficient (Wildman–Crippen LogP) is 5.88. The Labute approximate surface area is 160 Å². The fourth-order valence-corrected chi connectivity index (χ4v) is 3.07. The van der Waals surface area contributed by atoms with E-state index in [4.69, 9.17) is 4.74 Å². The van der Waals surface area contributed by atoms with E-state index in [1.165, 1.54) is 18.2 Å². The first-order valence-corrected chi connectivity index (χ1v) is 8.75. The molecule has 0 saturated heterocycles. The summed E-state index contributed by atoms with van der Waals surface area (Å²) in [5.41, 5.74) is -0.732. The van der Waals surface area contributed by atoms with E-state index >= 15 is 0 Å². The maximum atomic E-state index is 13.7. The lowest BCUT2D eigenvalue weighted by Crippen LogP contribution is -2.13. The zero-order chi connectivity index (χ0) is 20.3. The Bertz CT molecular complexity index is 1000. The lowest BCUT2D eigenvalue weighted by atomic mass is 10.1. The maximum absolute atomic E-state index is 13.7. The highest BCUT2D eigenvalue weighted by Crippen LogP contribution is 2.31. The standard InChI is InChI=1S/C19H12F5NO2S/c20-13-4-5-15(14(21)9-13)25-18(26)17-16(6-7-28-17)27-10-11-2-1-3-12(8-11)19(22,23)24/h1-9H,10H2,(H,25,26). The van der Waals surface area contributed by atoms with Crippen molar-refractivity contribution in [1.29, 1.82) is 0 Å². The van der Waals surface area contributed by atoms with Gasteiger partial charge in [-0.25, -0.2) is 8.78 Å². The van der Waals surface area contributed by atoms with Crippen molar-refractivity contribution in [3.8, 4) is 5.75 Å². The van der Waals surface area contributed by atoms with Crippen LogP contribution in [0.4, 0.5) is 27.6 Å². The quantitative estimate of drug-likeness (QED) is 0.531. The number of carbonyl (C=O) groups is 1. The molecule has 3 rings (SSSR count). The second-order valence-electron chi connectivity index (χ2n) is 5.68. The number of alkyl halides is 3. The first kappa shape index (κ1) is 19.8. The van der Waals surface area contributed by atoms with E-state index in [0.717, 1.165) is 35.6 Å². The molecule has 3 nitrogen and oxygen atoms in total. The van der Waals surface area contributed by atoms with Gasteiger partial charge in [0.2, 0.25) is 0 Å². The van der Waals surface area contributed by atoms with E-state index in [1.54, 1.807) is 5.38 Å². The fraction of sp³-hybridized carbons (Fsp3) is 0.105. The molecule has 146 valence electrons. The van der Waals surface area contributed by atoms with Gasteiger partial charge >= 0.3 is 6.18 Å². The van der Waals surface area contributed by atoms with Crippen LogP contribution in [0.1, 0.15) is 20.8 Å². The molecule has 0 aliphatic heterocycles. The number of carbonyl (C=O) groups excluding carboxylic acids is 1. The van der Waals surface area contributed by atoms with Gasteiger partial charge in [0.05, 0.1) is 11.3 Å². The molecular formula is C19H12F5NO2S. The number of ether oxygens (including phenoxy) is 1. The first-order chi connectivity index (χ1) is 13.2. The van der Waals surface area contributed by atoms with Crippen LogP contribution in [0.2, 0.25) is 0 Å². The third-order valence-electron chi connectivity index (χ3n) is 3.66.